The summed E-state index contributed by atoms with van der Waals surface area (Å²) in [6, 6.07) is 17.6. The summed E-state index contributed by atoms with van der Waals surface area (Å²) < 4.78 is 0. The molecule has 0 spiro atoms. The second-order valence-corrected chi connectivity index (χ2v) is 7.40. The molecule has 2 aliphatic heterocycles. The highest BCUT2D eigenvalue weighted by Gasteiger charge is 2.55. The number of nitrogens with zero attached hydrogens (tertiary/aromatic N) is 2. The Morgan fingerprint density at radius 3 is 2.68 bits per heavy atom. The van der Waals surface area contributed by atoms with E-state index in [1.165, 1.54) is 0 Å². The van der Waals surface area contributed by atoms with E-state index in [4.69, 9.17) is 4.99 Å². The molecule has 5 nitrogen and oxygen atoms in total. The lowest BCUT2D eigenvalue weighted by Crippen LogP contribution is -2.61. The number of unbranched alkanes of at least 4 members (excludes halogenated alkanes) is 1. The minimum Gasteiger partial charge on any atom is -0.354 e. The maximum absolute atomic E-state index is 13.5. The summed E-state index contributed by atoms with van der Waals surface area (Å²) in [5.41, 5.74) is 2.27. The van der Waals surface area contributed by atoms with Crippen molar-refractivity contribution < 1.29 is 9.59 Å². The van der Waals surface area contributed by atoms with Crippen LogP contribution >= 0.6 is 0 Å². The van der Waals surface area contributed by atoms with Crippen LogP contribution < -0.4 is 5.32 Å². The summed E-state index contributed by atoms with van der Waals surface area (Å²) in [4.78, 5) is 33.1. The molecule has 144 valence electrons. The predicted octanol–water partition coefficient (Wildman–Crippen LogP) is 3.60. The fourth-order valence-corrected chi connectivity index (χ4v) is 4.14. The van der Waals surface area contributed by atoms with Gasteiger partial charge in [0.05, 0.1) is 11.4 Å². The van der Waals surface area contributed by atoms with Gasteiger partial charge in [-0.25, -0.2) is 4.99 Å². The number of rotatable bonds is 5. The molecule has 1 fully saturated rings. The van der Waals surface area contributed by atoms with Crippen molar-refractivity contribution in [1.82, 2.24) is 10.2 Å². The molecule has 1 saturated heterocycles. The lowest BCUT2D eigenvalue weighted by atomic mass is 9.84. The Morgan fingerprint density at radius 1 is 1.14 bits per heavy atom. The van der Waals surface area contributed by atoms with Gasteiger partial charge >= 0.3 is 0 Å². The van der Waals surface area contributed by atoms with Gasteiger partial charge in [-0.2, -0.15) is 0 Å². The van der Waals surface area contributed by atoms with Crippen LogP contribution in [0, 0.1) is 0 Å². The normalized spacial score (nSPS) is 20.8. The molecule has 2 aliphatic rings. The molecule has 0 aliphatic carbocycles. The molecule has 1 unspecified atom stereocenters. The summed E-state index contributed by atoms with van der Waals surface area (Å²) in [5.74, 6) is -0.117. The lowest BCUT2D eigenvalue weighted by Gasteiger charge is -2.37. The average molecular weight is 375 g/mol. The van der Waals surface area contributed by atoms with Crippen molar-refractivity contribution in [2.45, 2.75) is 44.7 Å². The smallest absolute Gasteiger partial charge is 0.252 e. The number of hydrogen-bond acceptors (Lipinski definition) is 3. The number of para-hydroxylation sites is 1. The fraction of sp³-hybridized carbons (Fsp3) is 0.348. The van der Waals surface area contributed by atoms with Gasteiger partial charge in [0.25, 0.3) is 5.91 Å². The maximum atomic E-state index is 13.5. The number of fused-ring (bicyclic) bond motifs is 2. The standard InChI is InChI=1S/C23H25N3O2/c1-2-3-15-24-22(28)23-14-13-20(27)26(23)16-18-11-7-8-12-19(18)25-21(23)17-9-5-4-6-10-17/h4-12H,2-3,13-16H2,1H3,(H,24,28). The average Bonchev–Trinajstić information content (AvgIpc) is 2.96. The SMILES string of the molecule is CCCCNC(=O)C12CCC(=O)N1Cc1ccccc1N=C2c1ccccc1. The molecule has 1 N–H and O–H groups in total. The van der Waals surface area contributed by atoms with Gasteiger partial charge in [0.2, 0.25) is 5.91 Å². The zero-order valence-corrected chi connectivity index (χ0v) is 16.1. The van der Waals surface area contributed by atoms with E-state index in [9.17, 15) is 9.59 Å². The molecule has 2 heterocycles. The van der Waals surface area contributed by atoms with Crippen LogP contribution in [0.4, 0.5) is 5.69 Å². The van der Waals surface area contributed by atoms with Crippen molar-refractivity contribution in [1.29, 1.82) is 0 Å². The Morgan fingerprint density at radius 2 is 1.89 bits per heavy atom. The Kier molecular flexibility index (Phi) is 4.99. The number of aliphatic imine (C=N–C) groups is 1. The van der Waals surface area contributed by atoms with Crippen LogP contribution in [0.5, 0.6) is 0 Å². The molecule has 0 bridgehead atoms. The van der Waals surface area contributed by atoms with E-state index in [0.717, 1.165) is 29.7 Å². The van der Waals surface area contributed by atoms with E-state index in [1.54, 1.807) is 4.90 Å². The maximum Gasteiger partial charge on any atom is 0.252 e. The zero-order chi connectivity index (χ0) is 19.6. The third-order valence-corrected chi connectivity index (χ3v) is 5.65. The van der Waals surface area contributed by atoms with Gasteiger partial charge in [-0.3, -0.25) is 9.59 Å². The molecule has 2 amide bonds. The van der Waals surface area contributed by atoms with Crippen LogP contribution in [-0.2, 0) is 16.1 Å². The molecule has 4 rings (SSSR count). The number of carbonyl (C=O) groups is 2. The van der Waals surface area contributed by atoms with Crippen molar-refractivity contribution in [3.63, 3.8) is 0 Å². The molecule has 28 heavy (non-hydrogen) atoms. The Balaban J connectivity index is 1.89. The van der Waals surface area contributed by atoms with Gasteiger partial charge in [0.15, 0.2) is 5.54 Å². The first-order chi connectivity index (χ1) is 13.7. The molecule has 2 aromatic carbocycles. The van der Waals surface area contributed by atoms with Gasteiger partial charge < -0.3 is 10.2 Å². The van der Waals surface area contributed by atoms with Crippen LogP contribution in [0.15, 0.2) is 59.6 Å². The topological polar surface area (TPSA) is 61.8 Å². The number of benzene rings is 2. The Bertz CT molecular complexity index is 922. The summed E-state index contributed by atoms with van der Waals surface area (Å²) in [6.45, 7) is 3.10. The molecule has 0 saturated carbocycles. The van der Waals surface area contributed by atoms with E-state index >= 15 is 0 Å². The van der Waals surface area contributed by atoms with Gasteiger partial charge in [-0.05, 0) is 30.0 Å². The highest BCUT2D eigenvalue weighted by molar-refractivity contribution is 6.24. The van der Waals surface area contributed by atoms with E-state index in [2.05, 4.69) is 12.2 Å². The molecular formula is C23H25N3O2. The second-order valence-electron chi connectivity index (χ2n) is 7.40. The van der Waals surface area contributed by atoms with Crippen molar-refractivity contribution in [3.05, 3.63) is 65.7 Å². The minimum absolute atomic E-state index is 0.00553. The molecule has 1 atom stereocenters. The van der Waals surface area contributed by atoms with Gasteiger partial charge in [-0.15, -0.1) is 0 Å². The fourth-order valence-electron chi connectivity index (χ4n) is 4.14. The molecule has 2 aromatic rings. The van der Waals surface area contributed by atoms with Gasteiger partial charge in [-0.1, -0.05) is 61.9 Å². The second kappa shape index (κ2) is 7.58. The van der Waals surface area contributed by atoms with Crippen LogP contribution in [0.2, 0.25) is 0 Å². The van der Waals surface area contributed by atoms with Crippen LogP contribution in [0.1, 0.15) is 43.7 Å². The first-order valence-corrected chi connectivity index (χ1v) is 9.98. The van der Waals surface area contributed by atoms with Crippen LogP contribution in [0.25, 0.3) is 0 Å². The lowest BCUT2D eigenvalue weighted by molar-refractivity contribution is -0.138. The first kappa shape index (κ1) is 18.4. The van der Waals surface area contributed by atoms with E-state index in [-0.39, 0.29) is 11.8 Å². The summed E-state index contributed by atoms with van der Waals surface area (Å²) >= 11 is 0. The van der Waals surface area contributed by atoms with E-state index in [1.807, 2.05) is 54.6 Å². The Labute approximate surface area is 165 Å². The molecule has 0 radical (unpaired) electrons. The van der Waals surface area contributed by atoms with Crippen molar-refractivity contribution in [2.24, 2.45) is 4.99 Å². The molecule has 5 heteroatoms. The summed E-state index contributed by atoms with van der Waals surface area (Å²) in [7, 11) is 0. The highest BCUT2D eigenvalue weighted by atomic mass is 16.2. The number of nitrogens with one attached hydrogen (secondary N) is 1. The van der Waals surface area contributed by atoms with Crippen LogP contribution in [-0.4, -0.2) is 34.5 Å². The van der Waals surface area contributed by atoms with E-state index in [0.29, 0.717) is 31.6 Å². The van der Waals surface area contributed by atoms with E-state index < -0.39 is 5.54 Å². The monoisotopic (exact) mass is 375 g/mol. The third-order valence-electron chi connectivity index (χ3n) is 5.65. The van der Waals surface area contributed by atoms with Crippen molar-refractivity contribution in [2.75, 3.05) is 6.54 Å². The largest absolute Gasteiger partial charge is 0.354 e. The summed E-state index contributed by atoms with van der Waals surface area (Å²) in [5, 5.41) is 3.08. The number of hydrogen-bond donors (Lipinski definition) is 1. The zero-order valence-electron chi connectivity index (χ0n) is 16.1. The van der Waals surface area contributed by atoms with Crippen molar-refractivity contribution >= 4 is 23.2 Å². The third kappa shape index (κ3) is 3.01. The number of amides is 2. The first-order valence-electron chi connectivity index (χ1n) is 9.98. The van der Waals surface area contributed by atoms with Crippen LogP contribution in [0.3, 0.4) is 0 Å². The Hall–Kier alpha value is -2.95. The summed E-state index contributed by atoms with van der Waals surface area (Å²) in [6.07, 6.45) is 2.72. The van der Waals surface area contributed by atoms with Gasteiger partial charge in [0.1, 0.15) is 0 Å². The predicted molar refractivity (Wildman–Crippen MR) is 110 cm³/mol. The molecule has 0 aromatic heterocycles. The van der Waals surface area contributed by atoms with Gasteiger partial charge in [0, 0.05) is 19.5 Å². The number of carbonyl (C=O) groups excluding carboxylic acids is 2. The van der Waals surface area contributed by atoms with Crippen molar-refractivity contribution in [3.8, 4) is 0 Å². The minimum atomic E-state index is -1.06. The molecular weight excluding hydrogens is 350 g/mol. The highest BCUT2D eigenvalue weighted by Crippen LogP contribution is 2.40. The quantitative estimate of drug-likeness (QED) is 0.812.